The minimum atomic E-state index is -0.835. The zero-order valence-electron chi connectivity index (χ0n) is 13.8. The van der Waals surface area contributed by atoms with Gasteiger partial charge < -0.3 is 14.5 Å². The summed E-state index contributed by atoms with van der Waals surface area (Å²) in [6.45, 7) is 0. The number of ether oxygens (including phenoxy) is 1. The van der Waals surface area contributed by atoms with E-state index in [-0.39, 0.29) is 18.7 Å². The number of aryl methyl sites for hydroxylation is 1. The van der Waals surface area contributed by atoms with Crippen LogP contribution in [-0.4, -0.2) is 23.2 Å². The molecule has 26 heavy (non-hydrogen) atoms. The highest BCUT2D eigenvalue weighted by Crippen LogP contribution is 2.22. The van der Waals surface area contributed by atoms with Gasteiger partial charge in [0.1, 0.15) is 23.1 Å². The SMILES string of the molecule is COc1ccc(-c2nnc(CCC(=O)Nc3c(F)cccc3F)o2)cc1. The van der Waals surface area contributed by atoms with Gasteiger partial charge >= 0.3 is 0 Å². The number of hydrogen-bond donors (Lipinski definition) is 1. The molecule has 0 bridgehead atoms. The van der Waals surface area contributed by atoms with Crippen LogP contribution in [0.1, 0.15) is 12.3 Å². The number of nitrogens with one attached hydrogen (secondary N) is 1. The second-order valence-electron chi connectivity index (χ2n) is 5.37. The first-order chi connectivity index (χ1) is 12.6. The van der Waals surface area contributed by atoms with Crippen LogP contribution in [-0.2, 0) is 11.2 Å². The normalized spacial score (nSPS) is 10.6. The van der Waals surface area contributed by atoms with Crippen molar-refractivity contribution in [2.45, 2.75) is 12.8 Å². The molecule has 0 radical (unpaired) electrons. The minimum Gasteiger partial charge on any atom is -0.497 e. The van der Waals surface area contributed by atoms with Gasteiger partial charge in [-0.25, -0.2) is 8.78 Å². The van der Waals surface area contributed by atoms with Gasteiger partial charge in [0.25, 0.3) is 0 Å². The van der Waals surface area contributed by atoms with E-state index in [1.54, 1.807) is 31.4 Å². The maximum Gasteiger partial charge on any atom is 0.247 e. The standard InChI is InChI=1S/C18H15F2N3O3/c1-25-12-7-5-11(6-8-12)18-23-22-16(26-18)10-9-15(24)21-17-13(19)3-2-4-14(17)20/h2-8H,9-10H2,1H3,(H,21,24). The Balaban J connectivity index is 1.60. The maximum absolute atomic E-state index is 13.5. The van der Waals surface area contributed by atoms with Gasteiger partial charge in [-0.3, -0.25) is 4.79 Å². The summed E-state index contributed by atoms with van der Waals surface area (Å²) < 4.78 is 37.6. The summed E-state index contributed by atoms with van der Waals surface area (Å²) in [6.07, 6.45) is 0.0864. The number of nitrogens with zero attached hydrogens (tertiary/aromatic N) is 2. The average Bonchev–Trinajstić information content (AvgIpc) is 3.12. The number of rotatable bonds is 6. The number of anilines is 1. The summed E-state index contributed by atoms with van der Waals surface area (Å²) in [4.78, 5) is 11.9. The van der Waals surface area contributed by atoms with Gasteiger partial charge in [-0.2, -0.15) is 0 Å². The Morgan fingerprint density at radius 3 is 2.46 bits per heavy atom. The van der Waals surface area contributed by atoms with Gasteiger partial charge in [-0.05, 0) is 36.4 Å². The van der Waals surface area contributed by atoms with Crippen LogP contribution in [0.5, 0.6) is 5.75 Å². The molecular formula is C18H15F2N3O3. The van der Waals surface area contributed by atoms with Gasteiger partial charge in [0.05, 0.1) is 7.11 Å². The van der Waals surface area contributed by atoms with E-state index < -0.39 is 23.2 Å². The van der Waals surface area contributed by atoms with Crippen molar-refractivity contribution in [1.29, 1.82) is 0 Å². The number of hydrogen-bond acceptors (Lipinski definition) is 5. The van der Waals surface area contributed by atoms with Crippen LogP contribution in [0.15, 0.2) is 46.9 Å². The maximum atomic E-state index is 13.5. The number of carbonyl (C=O) groups excluding carboxylic acids is 1. The zero-order chi connectivity index (χ0) is 18.5. The highest BCUT2D eigenvalue weighted by molar-refractivity contribution is 5.91. The molecule has 1 N–H and O–H groups in total. The van der Waals surface area contributed by atoms with E-state index in [0.717, 1.165) is 12.1 Å². The third-order valence-corrected chi connectivity index (χ3v) is 3.60. The van der Waals surface area contributed by atoms with Crippen molar-refractivity contribution in [3.8, 4) is 17.2 Å². The van der Waals surface area contributed by atoms with Crippen LogP contribution in [0.4, 0.5) is 14.5 Å². The van der Waals surface area contributed by atoms with Gasteiger partial charge in [0.15, 0.2) is 0 Å². The number of halogens is 2. The van der Waals surface area contributed by atoms with E-state index >= 15 is 0 Å². The van der Waals surface area contributed by atoms with Crippen molar-refractivity contribution >= 4 is 11.6 Å². The lowest BCUT2D eigenvalue weighted by Crippen LogP contribution is -2.14. The Hall–Kier alpha value is -3.29. The fourth-order valence-electron chi connectivity index (χ4n) is 2.24. The topological polar surface area (TPSA) is 77.2 Å². The summed E-state index contributed by atoms with van der Waals surface area (Å²) in [7, 11) is 1.57. The predicted molar refractivity (Wildman–Crippen MR) is 89.6 cm³/mol. The van der Waals surface area contributed by atoms with Crippen LogP contribution >= 0.6 is 0 Å². The molecule has 1 aromatic heterocycles. The van der Waals surface area contributed by atoms with Gasteiger partial charge in [-0.15, -0.1) is 10.2 Å². The number of methoxy groups -OCH3 is 1. The Kier molecular flexibility index (Phi) is 5.21. The molecule has 3 aromatic rings. The van der Waals surface area contributed by atoms with Crippen molar-refractivity contribution in [3.05, 3.63) is 60.0 Å². The summed E-state index contributed by atoms with van der Waals surface area (Å²) in [5.74, 6) is -0.970. The Morgan fingerprint density at radius 2 is 1.81 bits per heavy atom. The fourth-order valence-corrected chi connectivity index (χ4v) is 2.24. The molecular weight excluding hydrogens is 344 g/mol. The molecule has 0 aliphatic carbocycles. The highest BCUT2D eigenvalue weighted by Gasteiger charge is 2.14. The van der Waals surface area contributed by atoms with Crippen LogP contribution in [0.25, 0.3) is 11.5 Å². The quantitative estimate of drug-likeness (QED) is 0.728. The molecule has 3 rings (SSSR count). The van der Waals surface area contributed by atoms with Crippen molar-refractivity contribution < 1.29 is 22.7 Å². The zero-order valence-corrected chi connectivity index (χ0v) is 13.8. The van der Waals surface area contributed by atoms with E-state index in [2.05, 4.69) is 15.5 Å². The van der Waals surface area contributed by atoms with Crippen molar-refractivity contribution in [2.24, 2.45) is 0 Å². The lowest BCUT2D eigenvalue weighted by Gasteiger charge is -2.06. The summed E-state index contributed by atoms with van der Waals surface area (Å²) in [5.41, 5.74) is 0.240. The third-order valence-electron chi connectivity index (χ3n) is 3.60. The van der Waals surface area contributed by atoms with Gasteiger partial charge in [0, 0.05) is 18.4 Å². The molecule has 0 saturated carbocycles. The van der Waals surface area contributed by atoms with E-state index in [1.807, 2.05) is 0 Å². The fraction of sp³-hybridized carbons (Fsp3) is 0.167. The van der Waals surface area contributed by atoms with Crippen molar-refractivity contribution in [2.75, 3.05) is 12.4 Å². The first kappa shape index (κ1) is 17.5. The number of carbonyl (C=O) groups is 1. The molecule has 2 aromatic carbocycles. The smallest absolute Gasteiger partial charge is 0.247 e. The summed E-state index contributed by atoms with van der Waals surface area (Å²) >= 11 is 0. The lowest BCUT2D eigenvalue weighted by atomic mass is 10.2. The molecule has 0 atom stereocenters. The van der Waals surface area contributed by atoms with E-state index in [4.69, 9.17) is 9.15 Å². The predicted octanol–water partition coefficient (Wildman–Crippen LogP) is 3.59. The molecule has 0 spiro atoms. The third kappa shape index (κ3) is 4.02. The molecule has 134 valence electrons. The highest BCUT2D eigenvalue weighted by atomic mass is 19.1. The van der Waals surface area contributed by atoms with Crippen molar-refractivity contribution in [1.82, 2.24) is 10.2 Å². The molecule has 1 amide bonds. The Labute approximate surface area is 147 Å². The van der Waals surface area contributed by atoms with Crippen LogP contribution in [0.3, 0.4) is 0 Å². The molecule has 1 heterocycles. The largest absolute Gasteiger partial charge is 0.497 e. The van der Waals surface area contributed by atoms with Crippen LogP contribution in [0.2, 0.25) is 0 Å². The van der Waals surface area contributed by atoms with E-state index in [9.17, 15) is 13.6 Å². The Morgan fingerprint density at radius 1 is 1.12 bits per heavy atom. The van der Waals surface area contributed by atoms with Gasteiger partial charge in [-0.1, -0.05) is 6.07 Å². The first-order valence-electron chi connectivity index (χ1n) is 7.77. The first-order valence-corrected chi connectivity index (χ1v) is 7.77. The van der Waals surface area contributed by atoms with E-state index in [0.29, 0.717) is 17.2 Å². The van der Waals surface area contributed by atoms with Crippen LogP contribution < -0.4 is 10.1 Å². The number of aromatic nitrogens is 2. The number of benzene rings is 2. The molecule has 0 aliphatic rings. The summed E-state index contributed by atoms with van der Waals surface area (Å²) in [5, 5.41) is 10.0. The summed E-state index contributed by atoms with van der Waals surface area (Å²) in [6, 6.07) is 10.4. The molecule has 0 unspecified atom stereocenters. The van der Waals surface area contributed by atoms with Crippen LogP contribution in [0, 0.1) is 11.6 Å². The number of para-hydroxylation sites is 1. The molecule has 0 fully saturated rings. The Bertz CT molecular complexity index is 890. The van der Waals surface area contributed by atoms with E-state index in [1.165, 1.54) is 6.07 Å². The molecule has 0 aliphatic heterocycles. The molecule has 8 heteroatoms. The lowest BCUT2D eigenvalue weighted by molar-refractivity contribution is -0.116. The average molecular weight is 359 g/mol. The van der Waals surface area contributed by atoms with Gasteiger partial charge in [0.2, 0.25) is 17.7 Å². The minimum absolute atomic E-state index is 0.0575. The molecule has 0 saturated heterocycles. The number of amides is 1. The second kappa shape index (κ2) is 7.73. The molecule has 6 nitrogen and oxygen atoms in total. The monoisotopic (exact) mass is 359 g/mol. The second-order valence-corrected chi connectivity index (χ2v) is 5.37. The van der Waals surface area contributed by atoms with Crippen molar-refractivity contribution in [3.63, 3.8) is 0 Å².